The summed E-state index contributed by atoms with van der Waals surface area (Å²) in [6.45, 7) is 0.470. The predicted octanol–water partition coefficient (Wildman–Crippen LogP) is 10.0. The lowest BCUT2D eigenvalue weighted by Crippen LogP contribution is -2.26. The smallest absolute Gasteiger partial charge is 0.157 e. The Bertz CT molecular complexity index is 2360. The maximum absolute atomic E-state index is 6.74. The van der Waals surface area contributed by atoms with Crippen LogP contribution < -0.4 is 5.73 Å². The van der Waals surface area contributed by atoms with E-state index >= 15 is 0 Å². The highest BCUT2D eigenvalue weighted by Gasteiger charge is 2.52. The minimum atomic E-state index is -0.442. The second-order valence-electron chi connectivity index (χ2n) is 12.7. The van der Waals surface area contributed by atoms with Crippen LogP contribution in [0.2, 0.25) is 0 Å². The van der Waals surface area contributed by atoms with Crippen molar-refractivity contribution in [2.75, 3.05) is 0 Å². The van der Waals surface area contributed by atoms with Gasteiger partial charge in [0.1, 0.15) is 5.84 Å². The molecule has 7 aromatic rings. The molecule has 0 heterocycles. The molecule has 0 fully saturated rings. The van der Waals surface area contributed by atoms with Gasteiger partial charge >= 0.3 is 0 Å². The fourth-order valence-electron chi connectivity index (χ4n) is 7.90. The van der Waals surface area contributed by atoms with E-state index in [0.717, 1.165) is 22.3 Å². The summed E-state index contributed by atoms with van der Waals surface area (Å²) in [5.41, 5.74) is 21.7. The first-order valence-corrected chi connectivity index (χ1v) is 16.7. The van der Waals surface area contributed by atoms with E-state index in [1.54, 1.807) is 0 Å². The van der Waals surface area contributed by atoms with E-state index in [1.165, 1.54) is 50.1 Å². The molecule has 232 valence electrons. The molecule has 3 nitrogen and oxygen atoms in total. The Morgan fingerprint density at radius 1 is 0.469 bits per heavy atom. The van der Waals surface area contributed by atoms with Gasteiger partial charge in [0, 0.05) is 11.1 Å². The van der Waals surface area contributed by atoms with Crippen LogP contribution in [-0.2, 0) is 12.0 Å². The highest BCUT2D eigenvalue weighted by Crippen LogP contribution is 2.63. The summed E-state index contributed by atoms with van der Waals surface area (Å²) < 4.78 is 0. The van der Waals surface area contributed by atoms with E-state index < -0.39 is 5.41 Å². The lowest BCUT2D eigenvalue weighted by molar-refractivity contribution is 0.793. The zero-order valence-electron chi connectivity index (χ0n) is 26.9. The molecule has 0 saturated carbocycles. The minimum absolute atomic E-state index is 0.439. The number of hydrogen-bond acceptors (Lipinski definition) is 1. The zero-order valence-corrected chi connectivity index (χ0v) is 26.9. The van der Waals surface area contributed by atoms with Crippen LogP contribution in [0.3, 0.4) is 0 Å². The van der Waals surface area contributed by atoms with Crippen molar-refractivity contribution in [3.8, 4) is 33.4 Å². The Morgan fingerprint density at radius 2 is 0.980 bits per heavy atom. The van der Waals surface area contributed by atoms with Crippen molar-refractivity contribution < 1.29 is 0 Å². The maximum Gasteiger partial charge on any atom is 0.157 e. The molecule has 0 aliphatic heterocycles. The van der Waals surface area contributed by atoms with E-state index in [9.17, 15) is 0 Å². The molecule has 2 aliphatic rings. The molecular weight excluding hydrogens is 595 g/mol. The Hall–Kier alpha value is -6.32. The molecular formula is C46H33N3. The fourth-order valence-corrected chi connectivity index (χ4v) is 7.90. The van der Waals surface area contributed by atoms with Crippen LogP contribution in [0.5, 0.6) is 0 Å². The quantitative estimate of drug-likeness (QED) is 0.150. The molecule has 2 N–H and O–H groups in total. The topological polar surface area (TPSA) is 50.7 Å². The Morgan fingerprint density at radius 3 is 1.63 bits per heavy atom. The van der Waals surface area contributed by atoms with Crippen molar-refractivity contribution in [1.29, 1.82) is 0 Å². The number of nitrogens with zero attached hydrogens (tertiary/aromatic N) is 2. The number of nitrogens with two attached hydrogens (primary N) is 1. The van der Waals surface area contributed by atoms with Gasteiger partial charge in [-0.15, -0.1) is 0 Å². The van der Waals surface area contributed by atoms with Crippen LogP contribution in [0.1, 0.15) is 38.9 Å². The molecule has 2 aliphatic carbocycles. The Balaban J connectivity index is 1.24. The lowest BCUT2D eigenvalue weighted by Gasteiger charge is -2.30. The van der Waals surface area contributed by atoms with Crippen molar-refractivity contribution >= 4 is 11.7 Å². The van der Waals surface area contributed by atoms with Gasteiger partial charge in [-0.05, 0) is 61.2 Å². The maximum atomic E-state index is 6.74. The van der Waals surface area contributed by atoms with E-state index in [4.69, 9.17) is 15.7 Å². The molecule has 9 rings (SSSR count). The molecule has 0 atom stereocenters. The van der Waals surface area contributed by atoms with Gasteiger partial charge in [-0.1, -0.05) is 176 Å². The molecule has 0 radical (unpaired) electrons. The highest BCUT2D eigenvalue weighted by atomic mass is 15.0. The summed E-state index contributed by atoms with van der Waals surface area (Å²) in [7, 11) is 0. The fraction of sp³-hybridized carbons (Fsp3) is 0.0435. The van der Waals surface area contributed by atoms with E-state index in [2.05, 4.69) is 140 Å². The van der Waals surface area contributed by atoms with Gasteiger partial charge in [0.15, 0.2) is 5.84 Å². The molecule has 7 aromatic carbocycles. The van der Waals surface area contributed by atoms with Gasteiger partial charge in [-0.25, -0.2) is 4.99 Å². The zero-order chi connectivity index (χ0) is 32.8. The molecule has 0 saturated heterocycles. The normalized spacial score (nSPS) is 13.9. The monoisotopic (exact) mass is 627 g/mol. The third-order valence-corrected chi connectivity index (χ3v) is 10.0. The third-order valence-electron chi connectivity index (χ3n) is 10.0. The standard InChI is InChI=1S/C46H33N3/c47-44(34-16-5-2-6-17-34)49-45(48-30-31-26-28-33(29-27-31)32-14-3-1-4-15-32)38-21-13-25-42-43(38)37-20-9-12-24-41(37)46(42)39-22-10-7-18-35(39)36-19-8-11-23-40(36)46/h1-29H,30H2,(H2,47,48,49). The molecule has 3 heteroatoms. The third kappa shape index (κ3) is 4.58. The lowest BCUT2D eigenvalue weighted by atomic mass is 9.70. The number of amidine groups is 2. The van der Waals surface area contributed by atoms with Gasteiger partial charge in [-0.2, -0.15) is 0 Å². The molecule has 49 heavy (non-hydrogen) atoms. The van der Waals surface area contributed by atoms with Gasteiger partial charge in [0.25, 0.3) is 0 Å². The SMILES string of the molecule is NC(=NC(=NCc1ccc(-c2ccccc2)cc1)c1cccc2c1-c1ccccc1C21c2ccccc2-c2ccccc21)c1ccccc1. The van der Waals surface area contributed by atoms with Crippen LogP contribution in [-0.4, -0.2) is 11.7 Å². The van der Waals surface area contributed by atoms with Crippen LogP contribution in [0, 0.1) is 0 Å². The second kappa shape index (κ2) is 11.7. The van der Waals surface area contributed by atoms with Crippen molar-refractivity contribution in [3.05, 3.63) is 215 Å². The van der Waals surface area contributed by atoms with Crippen LogP contribution in [0.15, 0.2) is 186 Å². The van der Waals surface area contributed by atoms with Crippen LogP contribution in [0.25, 0.3) is 33.4 Å². The van der Waals surface area contributed by atoms with E-state index in [1.807, 2.05) is 36.4 Å². The van der Waals surface area contributed by atoms with Crippen molar-refractivity contribution in [1.82, 2.24) is 0 Å². The first kappa shape index (κ1) is 28.9. The summed E-state index contributed by atoms with van der Waals surface area (Å²) >= 11 is 0. The summed E-state index contributed by atoms with van der Waals surface area (Å²) in [6.07, 6.45) is 0. The van der Waals surface area contributed by atoms with Crippen molar-refractivity contribution in [2.24, 2.45) is 15.7 Å². The molecule has 1 spiro atoms. The molecule has 0 unspecified atom stereocenters. The Labute approximate surface area is 286 Å². The number of hydrogen-bond donors (Lipinski definition) is 1. The van der Waals surface area contributed by atoms with Crippen LogP contribution in [0.4, 0.5) is 0 Å². The molecule has 0 aromatic heterocycles. The van der Waals surface area contributed by atoms with Crippen molar-refractivity contribution in [3.63, 3.8) is 0 Å². The summed E-state index contributed by atoms with van der Waals surface area (Å²) in [4.78, 5) is 10.3. The van der Waals surface area contributed by atoms with Gasteiger partial charge in [0.05, 0.1) is 12.0 Å². The summed E-state index contributed by atoms with van der Waals surface area (Å²) in [5, 5.41) is 0. The summed E-state index contributed by atoms with van der Waals surface area (Å²) in [6, 6.07) is 62.2. The largest absolute Gasteiger partial charge is 0.383 e. The van der Waals surface area contributed by atoms with Crippen molar-refractivity contribution in [2.45, 2.75) is 12.0 Å². The average Bonchev–Trinajstić information content (AvgIpc) is 3.65. The molecule has 0 bridgehead atoms. The van der Waals surface area contributed by atoms with Crippen LogP contribution >= 0.6 is 0 Å². The predicted molar refractivity (Wildman–Crippen MR) is 202 cm³/mol. The van der Waals surface area contributed by atoms with Gasteiger partial charge < -0.3 is 5.73 Å². The number of aliphatic imine (C=N–C) groups is 2. The summed E-state index contributed by atoms with van der Waals surface area (Å²) in [5.74, 6) is 1.06. The number of fused-ring (bicyclic) bond motifs is 10. The average molecular weight is 628 g/mol. The highest BCUT2D eigenvalue weighted by molar-refractivity contribution is 6.15. The number of benzene rings is 7. The first-order chi connectivity index (χ1) is 24.2. The first-order valence-electron chi connectivity index (χ1n) is 16.7. The van der Waals surface area contributed by atoms with Gasteiger partial charge in [-0.3, -0.25) is 4.99 Å². The Kier molecular flexibility index (Phi) is 6.91. The number of rotatable bonds is 5. The minimum Gasteiger partial charge on any atom is -0.383 e. The van der Waals surface area contributed by atoms with E-state index in [-0.39, 0.29) is 0 Å². The second-order valence-corrected chi connectivity index (χ2v) is 12.7. The van der Waals surface area contributed by atoms with Gasteiger partial charge in [0.2, 0.25) is 0 Å². The molecule has 0 amide bonds. The van der Waals surface area contributed by atoms with E-state index in [0.29, 0.717) is 18.2 Å².